The molecule has 4 rings (SSSR count). The monoisotopic (exact) mass is 479 g/mol. The summed E-state index contributed by atoms with van der Waals surface area (Å²) in [5.41, 5.74) is 0.735. The van der Waals surface area contributed by atoms with Gasteiger partial charge in [-0.05, 0) is 36.4 Å². The highest BCUT2D eigenvalue weighted by Gasteiger charge is 2.20. The number of aromatic nitrogens is 3. The molecule has 1 fully saturated rings. The van der Waals surface area contributed by atoms with E-state index in [2.05, 4.69) is 20.4 Å². The molecule has 1 N–H and O–H groups in total. The fourth-order valence-electron chi connectivity index (χ4n) is 3.21. The fourth-order valence-corrected chi connectivity index (χ4v) is 4.11. The number of rotatable bonds is 7. The number of carbonyl (C=O) groups is 1. The first kappa shape index (κ1) is 22.7. The van der Waals surface area contributed by atoms with E-state index in [0.29, 0.717) is 29.9 Å². The zero-order valence-corrected chi connectivity index (χ0v) is 18.5. The number of anilines is 1. The van der Waals surface area contributed by atoms with Gasteiger partial charge in [0.25, 0.3) is 0 Å². The molecular formula is C21H20ClF2N5O2S. The zero-order chi connectivity index (χ0) is 22.5. The quantitative estimate of drug-likeness (QED) is 0.520. The number of thioether (sulfide) groups is 1. The molecule has 0 spiro atoms. The molecule has 0 unspecified atom stereocenters. The van der Waals surface area contributed by atoms with E-state index in [0.717, 1.165) is 36.7 Å². The highest BCUT2D eigenvalue weighted by molar-refractivity contribution is 7.99. The Balaban J connectivity index is 1.50. The molecule has 168 valence electrons. The summed E-state index contributed by atoms with van der Waals surface area (Å²) < 4.78 is 34.1. The summed E-state index contributed by atoms with van der Waals surface area (Å²) in [5, 5.41) is 12.2. The van der Waals surface area contributed by atoms with E-state index in [-0.39, 0.29) is 11.4 Å². The number of benzene rings is 2. The van der Waals surface area contributed by atoms with Gasteiger partial charge in [-0.15, -0.1) is 10.2 Å². The Morgan fingerprint density at radius 1 is 1.12 bits per heavy atom. The van der Waals surface area contributed by atoms with Crippen molar-refractivity contribution in [1.82, 2.24) is 19.7 Å². The Bertz CT molecular complexity index is 1090. The van der Waals surface area contributed by atoms with Crippen molar-refractivity contribution in [2.75, 3.05) is 37.4 Å². The molecule has 11 heteroatoms. The van der Waals surface area contributed by atoms with Crippen LogP contribution in [-0.2, 0) is 16.1 Å². The van der Waals surface area contributed by atoms with E-state index in [1.54, 1.807) is 12.1 Å². The molecule has 1 aliphatic heterocycles. The number of halogens is 3. The van der Waals surface area contributed by atoms with Crippen LogP contribution in [0.4, 0.5) is 14.5 Å². The molecule has 0 aliphatic carbocycles. The van der Waals surface area contributed by atoms with E-state index in [1.807, 2.05) is 16.7 Å². The third-order valence-electron chi connectivity index (χ3n) is 4.79. The molecule has 32 heavy (non-hydrogen) atoms. The van der Waals surface area contributed by atoms with E-state index < -0.39 is 17.5 Å². The second-order valence-electron chi connectivity index (χ2n) is 7.06. The highest BCUT2D eigenvalue weighted by atomic mass is 35.5. The minimum absolute atomic E-state index is 0.0277. The number of amides is 1. The predicted octanol–water partition coefficient (Wildman–Crippen LogP) is 3.76. The summed E-state index contributed by atoms with van der Waals surface area (Å²) in [6.45, 7) is 3.49. The van der Waals surface area contributed by atoms with Crippen LogP contribution in [0.25, 0.3) is 5.69 Å². The van der Waals surface area contributed by atoms with E-state index in [4.69, 9.17) is 16.3 Å². The zero-order valence-electron chi connectivity index (χ0n) is 16.9. The van der Waals surface area contributed by atoms with Crippen molar-refractivity contribution in [1.29, 1.82) is 0 Å². The molecule has 2 aromatic carbocycles. The molecular weight excluding hydrogens is 460 g/mol. The number of morpholine rings is 1. The van der Waals surface area contributed by atoms with Crippen molar-refractivity contribution in [2.24, 2.45) is 0 Å². The largest absolute Gasteiger partial charge is 0.379 e. The number of hydrogen-bond donors (Lipinski definition) is 1. The summed E-state index contributed by atoms with van der Waals surface area (Å²) in [6, 6.07) is 10.2. The number of carbonyl (C=O) groups excluding carboxylic acids is 1. The maximum absolute atomic E-state index is 13.8. The summed E-state index contributed by atoms with van der Waals surface area (Å²) in [4.78, 5) is 14.6. The van der Waals surface area contributed by atoms with Crippen LogP contribution >= 0.6 is 23.4 Å². The van der Waals surface area contributed by atoms with Crippen LogP contribution in [0, 0.1) is 11.6 Å². The van der Waals surface area contributed by atoms with Crippen LogP contribution in [0.15, 0.2) is 47.6 Å². The SMILES string of the molecule is O=C(CSc1nnc(CN2CCOCC2)n1-c1ccc(Cl)cc1)Nc1ccc(F)cc1F. The molecule has 2 heterocycles. The van der Waals surface area contributed by atoms with E-state index in [1.165, 1.54) is 17.8 Å². The van der Waals surface area contributed by atoms with Crippen LogP contribution in [0.5, 0.6) is 0 Å². The topological polar surface area (TPSA) is 72.3 Å². The summed E-state index contributed by atoms with van der Waals surface area (Å²) in [5.74, 6) is -1.29. The molecule has 1 saturated heterocycles. The lowest BCUT2D eigenvalue weighted by Gasteiger charge is -2.26. The second kappa shape index (κ2) is 10.4. The van der Waals surface area contributed by atoms with Gasteiger partial charge in [-0.2, -0.15) is 0 Å². The number of ether oxygens (including phenoxy) is 1. The average molecular weight is 480 g/mol. The van der Waals surface area contributed by atoms with Gasteiger partial charge in [0.1, 0.15) is 11.6 Å². The first-order valence-corrected chi connectivity index (χ1v) is 11.2. The lowest BCUT2D eigenvalue weighted by atomic mass is 10.3. The van der Waals surface area contributed by atoms with Crippen LogP contribution in [-0.4, -0.2) is 57.6 Å². The smallest absolute Gasteiger partial charge is 0.234 e. The van der Waals surface area contributed by atoms with Gasteiger partial charge in [0, 0.05) is 29.9 Å². The maximum Gasteiger partial charge on any atom is 0.234 e. The molecule has 0 saturated carbocycles. The van der Waals surface area contributed by atoms with Crippen molar-refractivity contribution in [2.45, 2.75) is 11.7 Å². The first-order chi connectivity index (χ1) is 15.5. The Morgan fingerprint density at radius 3 is 2.59 bits per heavy atom. The molecule has 1 aliphatic rings. The van der Waals surface area contributed by atoms with Crippen molar-refractivity contribution >= 4 is 35.0 Å². The molecule has 0 atom stereocenters. The molecule has 1 aromatic heterocycles. The molecule has 3 aromatic rings. The summed E-state index contributed by atoms with van der Waals surface area (Å²) >= 11 is 7.21. The number of hydrogen-bond acceptors (Lipinski definition) is 6. The Kier molecular flexibility index (Phi) is 7.36. The predicted molar refractivity (Wildman–Crippen MR) is 118 cm³/mol. The minimum atomic E-state index is -0.833. The Labute approximate surface area is 192 Å². The van der Waals surface area contributed by atoms with Gasteiger partial charge in [-0.3, -0.25) is 14.3 Å². The highest BCUT2D eigenvalue weighted by Crippen LogP contribution is 2.25. The third kappa shape index (κ3) is 5.63. The summed E-state index contributed by atoms with van der Waals surface area (Å²) in [6.07, 6.45) is 0. The lowest BCUT2D eigenvalue weighted by molar-refractivity contribution is -0.113. The molecule has 0 bridgehead atoms. The van der Waals surface area contributed by atoms with Gasteiger partial charge in [0.15, 0.2) is 11.0 Å². The minimum Gasteiger partial charge on any atom is -0.379 e. The average Bonchev–Trinajstić information content (AvgIpc) is 3.18. The standard InChI is InChI=1S/C21H20ClF2N5O2S/c22-14-1-4-16(5-2-14)29-19(12-28-7-9-31-10-8-28)26-27-21(29)32-13-20(30)25-18-6-3-15(23)11-17(18)24/h1-6,11H,7-10,12-13H2,(H,25,30). The van der Waals surface area contributed by atoms with Gasteiger partial charge >= 0.3 is 0 Å². The van der Waals surface area contributed by atoms with Gasteiger partial charge in [-0.1, -0.05) is 23.4 Å². The maximum atomic E-state index is 13.8. The van der Waals surface area contributed by atoms with Crippen molar-refractivity contribution in [3.63, 3.8) is 0 Å². The summed E-state index contributed by atoms with van der Waals surface area (Å²) in [7, 11) is 0. The van der Waals surface area contributed by atoms with Crippen LogP contribution in [0.3, 0.4) is 0 Å². The van der Waals surface area contributed by atoms with Gasteiger partial charge in [0.05, 0.1) is 31.2 Å². The second-order valence-corrected chi connectivity index (χ2v) is 8.44. The number of nitrogens with one attached hydrogen (secondary N) is 1. The third-order valence-corrected chi connectivity index (χ3v) is 5.97. The van der Waals surface area contributed by atoms with Crippen LogP contribution in [0.2, 0.25) is 5.02 Å². The van der Waals surface area contributed by atoms with Crippen LogP contribution < -0.4 is 5.32 Å². The van der Waals surface area contributed by atoms with Crippen LogP contribution in [0.1, 0.15) is 5.82 Å². The number of nitrogens with zero attached hydrogens (tertiary/aromatic N) is 4. The van der Waals surface area contributed by atoms with E-state index in [9.17, 15) is 13.6 Å². The molecule has 1 amide bonds. The van der Waals surface area contributed by atoms with Crippen molar-refractivity contribution in [3.8, 4) is 5.69 Å². The Hall–Kier alpha value is -2.53. The molecule has 7 nitrogen and oxygen atoms in total. The molecule has 0 radical (unpaired) electrons. The van der Waals surface area contributed by atoms with Gasteiger partial charge in [0.2, 0.25) is 5.91 Å². The fraction of sp³-hybridized carbons (Fsp3) is 0.286. The van der Waals surface area contributed by atoms with Crippen molar-refractivity contribution < 1.29 is 18.3 Å². The van der Waals surface area contributed by atoms with Gasteiger partial charge in [-0.25, -0.2) is 8.78 Å². The normalized spacial score (nSPS) is 14.5. The lowest BCUT2D eigenvalue weighted by Crippen LogP contribution is -2.36. The van der Waals surface area contributed by atoms with Gasteiger partial charge < -0.3 is 10.1 Å². The van der Waals surface area contributed by atoms with E-state index >= 15 is 0 Å². The first-order valence-electron chi connectivity index (χ1n) is 9.87. The Morgan fingerprint density at radius 2 is 1.88 bits per heavy atom. The van der Waals surface area contributed by atoms with Crippen molar-refractivity contribution in [3.05, 3.63) is 64.9 Å².